The van der Waals surface area contributed by atoms with E-state index in [4.69, 9.17) is 0 Å². The molecule has 3 N–H and O–H groups in total. The number of carbonyl (C=O) groups excluding carboxylic acids is 1. The topological polar surface area (TPSA) is 89.9 Å². The predicted molar refractivity (Wildman–Crippen MR) is 150 cm³/mol. The lowest BCUT2D eigenvalue weighted by molar-refractivity contribution is 0.0696. The summed E-state index contributed by atoms with van der Waals surface area (Å²) < 4.78 is 0. The van der Waals surface area contributed by atoms with Gasteiger partial charge in [-0.1, -0.05) is 48.5 Å². The summed E-state index contributed by atoms with van der Waals surface area (Å²) in [5.41, 5.74) is 5.46. The first-order chi connectivity index (χ1) is 18.4. The van der Waals surface area contributed by atoms with Crippen molar-refractivity contribution in [2.45, 2.75) is 6.54 Å². The van der Waals surface area contributed by atoms with E-state index < -0.39 is 5.97 Å². The maximum Gasteiger partial charge on any atom is 0.335 e. The van der Waals surface area contributed by atoms with Crippen LogP contribution in [-0.4, -0.2) is 34.0 Å². The molecule has 0 saturated heterocycles. The molecular weight excluding hydrogens is 476 g/mol. The molecule has 0 aliphatic heterocycles. The van der Waals surface area contributed by atoms with Crippen molar-refractivity contribution in [2.75, 3.05) is 12.4 Å². The Hall–Kier alpha value is -5.10. The summed E-state index contributed by atoms with van der Waals surface area (Å²) in [5.74, 6) is -0.840. The molecule has 5 aromatic carbocycles. The van der Waals surface area contributed by atoms with E-state index in [2.05, 4.69) is 11.4 Å². The number of hydrogen-bond acceptors (Lipinski definition) is 4. The number of carboxylic acids is 1. The molecule has 0 radical (unpaired) electrons. The van der Waals surface area contributed by atoms with Gasteiger partial charge >= 0.3 is 5.97 Å². The molecule has 0 aliphatic carbocycles. The second-order valence-electron chi connectivity index (χ2n) is 9.20. The molecule has 0 atom stereocenters. The van der Waals surface area contributed by atoms with Gasteiger partial charge in [0.1, 0.15) is 5.75 Å². The normalized spacial score (nSPS) is 10.8. The molecule has 5 aromatic rings. The van der Waals surface area contributed by atoms with Crippen molar-refractivity contribution in [3.63, 3.8) is 0 Å². The van der Waals surface area contributed by atoms with E-state index in [1.165, 1.54) is 0 Å². The summed E-state index contributed by atoms with van der Waals surface area (Å²) in [6.07, 6.45) is 0. The van der Waals surface area contributed by atoms with Crippen LogP contribution in [0.5, 0.6) is 5.75 Å². The number of anilines is 2. The number of rotatable bonds is 7. The van der Waals surface area contributed by atoms with Gasteiger partial charge in [-0.3, -0.25) is 4.79 Å². The molecule has 0 aliphatic rings. The smallest absolute Gasteiger partial charge is 0.335 e. The monoisotopic (exact) mass is 502 g/mol. The van der Waals surface area contributed by atoms with Crippen molar-refractivity contribution in [1.29, 1.82) is 0 Å². The van der Waals surface area contributed by atoms with Crippen LogP contribution in [0.15, 0.2) is 109 Å². The summed E-state index contributed by atoms with van der Waals surface area (Å²) in [4.78, 5) is 26.0. The van der Waals surface area contributed by atoms with Crippen molar-refractivity contribution >= 4 is 34.0 Å². The minimum Gasteiger partial charge on any atom is -0.508 e. The van der Waals surface area contributed by atoms with E-state index in [1.54, 1.807) is 54.4 Å². The molecule has 0 unspecified atom stereocenters. The Morgan fingerprint density at radius 3 is 2.24 bits per heavy atom. The van der Waals surface area contributed by atoms with Crippen molar-refractivity contribution in [2.24, 2.45) is 0 Å². The van der Waals surface area contributed by atoms with Gasteiger partial charge in [0.25, 0.3) is 5.91 Å². The summed E-state index contributed by atoms with van der Waals surface area (Å²) in [7, 11) is 1.79. The van der Waals surface area contributed by atoms with Gasteiger partial charge < -0.3 is 20.4 Å². The first-order valence-electron chi connectivity index (χ1n) is 12.1. The van der Waals surface area contributed by atoms with Crippen LogP contribution in [0.4, 0.5) is 11.4 Å². The summed E-state index contributed by atoms with van der Waals surface area (Å²) in [6.45, 7) is 0.458. The van der Waals surface area contributed by atoms with E-state index in [0.717, 1.165) is 33.2 Å². The number of aromatic carboxylic acids is 1. The zero-order chi connectivity index (χ0) is 26.6. The Kier molecular flexibility index (Phi) is 6.78. The highest BCUT2D eigenvalue weighted by atomic mass is 16.4. The zero-order valence-corrected chi connectivity index (χ0v) is 20.8. The number of carboxylic acid groups (broad SMARTS) is 1. The van der Waals surface area contributed by atoms with Gasteiger partial charge in [-0.05, 0) is 88.1 Å². The molecule has 0 bridgehead atoms. The Labute approximate surface area is 220 Å². The van der Waals surface area contributed by atoms with Crippen LogP contribution in [0, 0.1) is 0 Å². The van der Waals surface area contributed by atoms with Gasteiger partial charge in [0.05, 0.1) is 5.56 Å². The quantitative estimate of drug-likeness (QED) is 0.225. The van der Waals surface area contributed by atoms with E-state index in [9.17, 15) is 19.8 Å². The standard InChI is InChI=1S/C32H26N2O4/c1-34(31(36)26-9-8-25-19-30(35)15-12-24(25)17-26)20-21-4-2-5-23(16-21)22-10-13-28(14-11-22)33-29-7-3-6-27(18-29)32(37)38/h2-19,33,35H,20H2,1H3,(H,37,38). The third-order valence-electron chi connectivity index (χ3n) is 6.38. The molecule has 0 fully saturated rings. The van der Waals surface area contributed by atoms with Crippen LogP contribution in [0.3, 0.4) is 0 Å². The summed E-state index contributed by atoms with van der Waals surface area (Å²) in [5, 5.41) is 23.9. The minimum absolute atomic E-state index is 0.0761. The van der Waals surface area contributed by atoms with Crippen molar-refractivity contribution in [1.82, 2.24) is 4.90 Å². The number of carbonyl (C=O) groups is 2. The van der Waals surface area contributed by atoms with Gasteiger partial charge in [0.15, 0.2) is 0 Å². The highest BCUT2D eigenvalue weighted by molar-refractivity contribution is 5.98. The predicted octanol–water partition coefficient (Wildman–Crippen LogP) is 6.93. The molecule has 0 spiro atoms. The van der Waals surface area contributed by atoms with E-state index >= 15 is 0 Å². The maximum absolute atomic E-state index is 13.1. The maximum atomic E-state index is 13.1. The second kappa shape index (κ2) is 10.5. The van der Waals surface area contributed by atoms with Crippen molar-refractivity contribution < 1.29 is 19.8 Å². The van der Waals surface area contributed by atoms with E-state index in [1.807, 2.05) is 60.7 Å². The molecule has 1 amide bonds. The number of nitrogens with zero attached hydrogens (tertiary/aromatic N) is 1. The van der Waals surface area contributed by atoms with Gasteiger partial charge in [-0.25, -0.2) is 4.79 Å². The Balaban J connectivity index is 1.28. The molecule has 6 heteroatoms. The lowest BCUT2D eigenvalue weighted by Gasteiger charge is -2.18. The fourth-order valence-corrected chi connectivity index (χ4v) is 4.42. The van der Waals surface area contributed by atoms with E-state index in [-0.39, 0.29) is 17.2 Å². The van der Waals surface area contributed by atoms with Crippen molar-refractivity contribution in [3.8, 4) is 16.9 Å². The number of nitrogens with one attached hydrogen (secondary N) is 1. The number of hydrogen-bond donors (Lipinski definition) is 3. The average Bonchev–Trinajstić information content (AvgIpc) is 2.93. The fourth-order valence-electron chi connectivity index (χ4n) is 4.42. The van der Waals surface area contributed by atoms with Crippen LogP contribution in [-0.2, 0) is 6.54 Å². The second-order valence-corrected chi connectivity index (χ2v) is 9.20. The molecule has 6 nitrogen and oxygen atoms in total. The third kappa shape index (κ3) is 5.50. The number of aromatic hydroxyl groups is 1. The largest absolute Gasteiger partial charge is 0.508 e. The Bertz CT molecular complexity index is 1640. The number of benzene rings is 5. The third-order valence-corrected chi connectivity index (χ3v) is 6.38. The highest BCUT2D eigenvalue weighted by Crippen LogP contribution is 2.26. The SMILES string of the molecule is CN(Cc1cccc(-c2ccc(Nc3cccc(C(=O)O)c3)cc2)c1)C(=O)c1ccc2cc(O)ccc2c1. The summed E-state index contributed by atoms with van der Waals surface area (Å²) in [6, 6.07) is 33.3. The lowest BCUT2D eigenvalue weighted by Crippen LogP contribution is -2.26. The number of phenolic OH excluding ortho intramolecular Hbond substituents is 1. The number of fused-ring (bicyclic) bond motifs is 1. The molecule has 188 valence electrons. The first kappa shape index (κ1) is 24.6. The van der Waals surface area contributed by atoms with Crippen LogP contribution < -0.4 is 5.32 Å². The van der Waals surface area contributed by atoms with Gasteiger partial charge in [-0.2, -0.15) is 0 Å². The molecule has 5 rings (SSSR count). The molecule has 38 heavy (non-hydrogen) atoms. The number of phenols is 1. The minimum atomic E-state index is -0.963. The number of amides is 1. The molecule has 0 heterocycles. The van der Waals surface area contributed by atoms with Crippen LogP contribution in [0.1, 0.15) is 26.3 Å². The van der Waals surface area contributed by atoms with Crippen LogP contribution >= 0.6 is 0 Å². The molecule has 0 aromatic heterocycles. The van der Waals surface area contributed by atoms with Gasteiger partial charge in [0.2, 0.25) is 0 Å². The van der Waals surface area contributed by atoms with Gasteiger partial charge in [-0.15, -0.1) is 0 Å². The fraction of sp³-hybridized carbons (Fsp3) is 0.0625. The Morgan fingerprint density at radius 1 is 0.711 bits per heavy atom. The first-order valence-corrected chi connectivity index (χ1v) is 12.1. The van der Waals surface area contributed by atoms with Crippen molar-refractivity contribution in [3.05, 3.63) is 126 Å². The van der Waals surface area contributed by atoms with Crippen LogP contribution in [0.25, 0.3) is 21.9 Å². The Morgan fingerprint density at radius 2 is 1.45 bits per heavy atom. The van der Waals surface area contributed by atoms with E-state index in [0.29, 0.717) is 17.8 Å². The summed E-state index contributed by atoms with van der Waals surface area (Å²) >= 11 is 0. The molecule has 0 saturated carbocycles. The average molecular weight is 503 g/mol. The lowest BCUT2D eigenvalue weighted by atomic mass is 10.0. The van der Waals surface area contributed by atoms with Gasteiger partial charge in [0, 0.05) is 30.5 Å². The highest BCUT2D eigenvalue weighted by Gasteiger charge is 2.13. The molecular formula is C32H26N2O4. The zero-order valence-electron chi connectivity index (χ0n) is 20.8. The van der Waals surface area contributed by atoms with Crippen LogP contribution in [0.2, 0.25) is 0 Å².